The summed E-state index contributed by atoms with van der Waals surface area (Å²) in [5.74, 6) is 1.81. The van der Waals surface area contributed by atoms with Gasteiger partial charge in [0.05, 0.1) is 27.7 Å². The fraction of sp³-hybridized carbons (Fsp3) is 0.304. The molecule has 1 aliphatic carbocycles. The molecule has 0 bridgehead atoms. The number of rotatable bonds is 7. The number of fused-ring (bicyclic) bond motifs is 1. The zero-order valence-electron chi connectivity index (χ0n) is 17.4. The molecule has 1 atom stereocenters. The fourth-order valence-corrected chi connectivity index (χ4v) is 5.23. The van der Waals surface area contributed by atoms with Gasteiger partial charge in [-0.25, -0.2) is 14.6 Å². The lowest BCUT2D eigenvalue weighted by atomic mass is 10.3. The molecule has 2 aromatic carbocycles. The van der Waals surface area contributed by atoms with Crippen molar-refractivity contribution in [1.82, 2.24) is 24.6 Å². The van der Waals surface area contributed by atoms with Gasteiger partial charge >= 0.3 is 0 Å². The van der Waals surface area contributed by atoms with Crippen molar-refractivity contribution < 1.29 is 4.79 Å². The van der Waals surface area contributed by atoms with Gasteiger partial charge in [0, 0.05) is 13.0 Å². The van der Waals surface area contributed by atoms with E-state index in [1.165, 1.54) is 11.8 Å². The Bertz CT molecular complexity index is 1180. The minimum atomic E-state index is -0.0811. The summed E-state index contributed by atoms with van der Waals surface area (Å²) in [6, 6.07) is 18.1. The number of hydrogen-bond donors (Lipinski definition) is 0. The molecule has 2 aromatic heterocycles. The first-order valence-corrected chi connectivity index (χ1v) is 12.2. The molecule has 8 heteroatoms. The zero-order chi connectivity index (χ0) is 21.4. The number of carbonyl (C=O) groups is 1. The van der Waals surface area contributed by atoms with Gasteiger partial charge in [0.2, 0.25) is 11.1 Å². The first-order chi connectivity index (χ1) is 15.1. The van der Waals surface area contributed by atoms with E-state index in [-0.39, 0.29) is 11.9 Å². The van der Waals surface area contributed by atoms with E-state index < -0.39 is 0 Å². The summed E-state index contributed by atoms with van der Waals surface area (Å²) in [4.78, 5) is 24.1. The Morgan fingerprint density at radius 3 is 2.65 bits per heavy atom. The Morgan fingerprint density at radius 2 is 1.90 bits per heavy atom. The zero-order valence-corrected chi connectivity index (χ0v) is 19.1. The van der Waals surface area contributed by atoms with Crippen LogP contribution in [0.1, 0.15) is 42.6 Å². The maximum absolute atomic E-state index is 12.9. The van der Waals surface area contributed by atoms with Crippen LogP contribution < -0.4 is 0 Å². The molecule has 1 saturated carbocycles. The molecule has 0 saturated heterocycles. The lowest BCUT2D eigenvalue weighted by Crippen LogP contribution is -2.31. The highest BCUT2D eigenvalue weighted by atomic mass is 32.2. The molecular formula is C23H23N5OS2. The quantitative estimate of drug-likeness (QED) is 0.369. The lowest BCUT2D eigenvalue weighted by molar-refractivity contribution is -0.128. The summed E-state index contributed by atoms with van der Waals surface area (Å²) in [5, 5.41) is 6.29. The molecule has 31 heavy (non-hydrogen) atoms. The van der Waals surface area contributed by atoms with Crippen LogP contribution in [0.5, 0.6) is 0 Å². The molecule has 0 aliphatic heterocycles. The van der Waals surface area contributed by atoms with E-state index in [0.717, 1.165) is 39.6 Å². The molecular weight excluding hydrogens is 426 g/mol. The molecule has 4 aromatic rings. The highest BCUT2D eigenvalue weighted by molar-refractivity contribution is 7.99. The number of hydrogen-bond acceptors (Lipinski definition) is 6. The molecule has 1 fully saturated rings. The Labute approximate surface area is 189 Å². The Balaban J connectivity index is 1.27. The average Bonchev–Trinajstić information content (AvgIpc) is 3.41. The summed E-state index contributed by atoms with van der Waals surface area (Å²) in [5.41, 5.74) is 1.99. The first-order valence-electron chi connectivity index (χ1n) is 10.4. The predicted molar refractivity (Wildman–Crippen MR) is 125 cm³/mol. The van der Waals surface area contributed by atoms with Gasteiger partial charge in [0.1, 0.15) is 10.8 Å². The molecule has 0 unspecified atom stereocenters. The van der Waals surface area contributed by atoms with Gasteiger partial charge in [-0.1, -0.05) is 42.1 Å². The van der Waals surface area contributed by atoms with Crippen LogP contribution in [0.4, 0.5) is 0 Å². The maximum atomic E-state index is 12.9. The molecule has 0 N–H and O–H groups in total. The first kappa shape index (κ1) is 20.2. The third-order valence-corrected chi connectivity index (χ3v) is 7.55. The summed E-state index contributed by atoms with van der Waals surface area (Å²) >= 11 is 3.04. The van der Waals surface area contributed by atoms with Crippen LogP contribution in [0.15, 0.2) is 59.8 Å². The van der Waals surface area contributed by atoms with Crippen molar-refractivity contribution in [3.63, 3.8) is 0 Å². The number of nitrogens with zero attached hydrogens (tertiary/aromatic N) is 5. The molecule has 6 nitrogen and oxygen atoms in total. The third kappa shape index (κ3) is 4.22. The maximum Gasteiger partial charge on any atom is 0.233 e. The third-order valence-electron chi connectivity index (χ3n) is 5.52. The van der Waals surface area contributed by atoms with Crippen LogP contribution in [0.25, 0.3) is 15.9 Å². The summed E-state index contributed by atoms with van der Waals surface area (Å²) in [6.45, 7) is 2.02. The van der Waals surface area contributed by atoms with Crippen molar-refractivity contribution in [2.75, 3.05) is 12.8 Å². The van der Waals surface area contributed by atoms with Crippen LogP contribution in [0, 0.1) is 0 Å². The number of carbonyl (C=O) groups excluding carboxylic acids is 1. The van der Waals surface area contributed by atoms with Crippen LogP contribution in [-0.2, 0) is 4.79 Å². The minimum Gasteiger partial charge on any atom is -0.336 e. The number of benzene rings is 2. The molecule has 5 rings (SSSR count). The highest BCUT2D eigenvalue weighted by Gasteiger charge is 2.30. The molecule has 2 heterocycles. The molecule has 0 radical (unpaired) electrons. The van der Waals surface area contributed by atoms with Gasteiger partial charge in [-0.2, -0.15) is 0 Å². The Morgan fingerprint density at radius 1 is 1.16 bits per heavy atom. The van der Waals surface area contributed by atoms with Gasteiger partial charge < -0.3 is 4.90 Å². The topological polar surface area (TPSA) is 63.9 Å². The van der Waals surface area contributed by atoms with E-state index in [0.29, 0.717) is 16.8 Å². The monoisotopic (exact) mass is 449 g/mol. The van der Waals surface area contributed by atoms with Crippen LogP contribution in [-0.4, -0.2) is 43.4 Å². The minimum absolute atomic E-state index is 0.0424. The smallest absolute Gasteiger partial charge is 0.233 e. The van der Waals surface area contributed by atoms with Crippen LogP contribution >= 0.6 is 23.1 Å². The van der Waals surface area contributed by atoms with Crippen molar-refractivity contribution in [3.05, 3.63) is 65.4 Å². The van der Waals surface area contributed by atoms with E-state index in [4.69, 9.17) is 15.1 Å². The standard InChI is InChI=1S/C23H23N5OS2/c1-15(22-24-18-10-6-7-11-19(18)31-22)27(2)20(29)14-30-23-25-21(16-12-13-16)28(26-23)17-8-4-3-5-9-17/h3-11,15-16H,12-14H2,1-2H3/t15-/m0/s1. The largest absolute Gasteiger partial charge is 0.336 e. The van der Waals surface area contributed by atoms with Gasteiger partial charge in [-0.15, -0.1) is 16.4 Å². The number of amides is 1. The Hall–Kier alpha value is -2.71. The second-order valence-corrected chi connectivity index (χ2v) is 9.77. The molecule has 0 spiro atoms. The van der Waals surface area contributed by atoms with Crippen LogP contribution in [0.2, 0.25) is 0 Å². The second kappa shape index (κ2) is 8.43. The number of aromatic nitrogens is 4. The molecule has 158 valence electrons. The van der Waals surface area contributed by atoms with E-state index >= 15 is 0 Å². The lowest BCUT2D eigenvalue weighted by Gasteiger charge is -2.22. The van der Waals surface area contributed by atoms with E-state index in [1.807, 2.05) is 67.2 Å². The molecule has 1 amide bonds. The molecule has 1 aliphatic rings. The van der Waals surface area contributed by atoms with Crippen molar-refractivity contribution in [1.29, 1.82) is 0 Å². The highest BCUT2D eigenvalue weighted by Crippen LogP contribution is 2.40. The second-order valence-electron chi connectivity index (χ2n) is 7.76. The number of thiazole rings is 1. The summed E-state index contributed by atoms with van der Waals surface area (Å²) in [7, 11) is 1.84. The van der Waals surface area contributed by atoms with Gasteiger partial charge in [-0.3, -0.25) is 4.79 Å². The number of para-hydroxylation sites is 2. The van der Waals surface area contributed by atoms with Crippen molar-refractivity contribution >= 4 is 39.2 Å². The predicted octanol–water partition coefficient (Wildman–Crippen LogP) is 5.07. The normalized spacial score (nSPS) is 14.6. The number of thioether (sulfide) groups is 1. The van der Waals surface area contributed by atoms with E-state index in [1.54, 1.807) is 16.2 Å². The van der Waals surface area contributed by atoms with Crippen LogP contribution in [0.3, 0.4) is 0 Å². The van der Waals surface area contributed by atoms with Gasteiger partial charge in [0.15, 0.2) is 0 Å². The fourth-order valence-electron chi connectivity index (χ4n) is 3.41. The van der Waals surface area contributed by atoms with Crippen molar-refractivity contribution in [3.8, 4) is 5.69 Å². The van der Waals surface area contributed by atoms with Crippen molar-refractivity contribution in [2.24, 2.45) is 0 Å². The van der Waals surface area contributed by atoms with E-state index in [2.05, 4.69) is 6.07 Å². The van der Waals surface area contributed by atoms with Gasteiger partial charge in [0.25, 0.3) is 0 Å². The summed E-state index contributed by atoms with van der Waals surface area (Å²) < 4.78 is 3.07. The Kier molecular flexibility index (Phi) is 5.50. The summed E-state index contributed by atoms with van der Waals surface area (Å²) in [6.07, 6.45) is 2.30. The SMILES string of the molecule is C[C@@H](c1nc2ccccc2s1)N(C)C(=O)CSc1nc(C2CC2)n(-c2ccccc2)n1. The average molecular weight is 450 g/mol. The van der Waals surface area contributed by atoms with Crippen molar-refractivity contribution in [2.45, 2.75) is 36.9 Å². The van der Waals surface area contributed by atoms with E-state index in [9.17, 15) is 4.79 Å². The van der Waals surface area contributed by atoms with Gasteiger partial charge in [-0.05, 0) is 44.0 Å².